The summed E-state index contributed by atoms with van der Waals surface area (Å²) < 4.78 is 0. The third-order valence-corrected chi connectivity index (χ3v) is 2.46. The van der Waals surface area contributed by atoms with Crippen LogP contribution in [0.3, 0.4) is 0 Å². The van der Waals surface area contributed by atoms with E-state index in [0.717, 1.165) is 25.7 Å². The van der Waals surface area contributed by atoms with Crippen molar-refractivity contribution in [2.75, 3.05) is 7.05 Å². The van der Waals surface area contributed by atoms with Crippen LogP contribution in [0.15, 0.2) is 0 Å². The van der Waals surface area contributed by atoms with Crippen LogP contribution in [0.25, 0.3) is 0 Å². The van der Waals surface area contributed by atoms with Crippen molar-refractivity contribution in [1.29, 1.82) is 0 Å². The SMILES string of the molecule is [CH2-]C1CCC(C(=O)NC)CC1.[CH3-].[Y]. The summed E-state index contributed by atoms with van der Waals surface area (Å²) >= 11 is 0. The van der Waals surface area contributed by atoms with Crippen LogP contribution in [0.4, 0.5) is 0 Å². The zero-order valence-electron chi connectivity index (χ0n) is 8.68. The zero-order chi connectivity index (χ0) is 8.27. The maximum Gasteiger partial charge on any atom is 0.222 e. The van der Waals surface area contributed by atoms with E-state index in [1.54, 1.807) is 7.05 Å². The van der Waals surface area contributed by atoms with E-state index in [1.807, 2.05) is 0 Å². The Morgan fingerprint density at radius 2 is 1.77 bits per heavy atom. The van der Waals surface area contributed by atoms with Gasteiger partial charge in [-0.1, -0.05) is 12.8 Å². The van der Waals surface area contributed by atoms with Gasteiger partial charge in [-0.15, -0.1) is 0 Å². The van der Waals surface area contributed by atoms with Crippen molar-refractivity contribution in [1.82, 2.24) is 5.32 Å². The number of hydrogen-bond acceptors (Lipinski definition) is 1. The second kappa shape index (κ2) is 7.93. The van der Waals surface area contributed by atoms with Crippen molar-refractivity contribution in [2.24, 2.45) is 11.8 Å². The van der Waals surface area contributed by atoms with E-state index in [0.29, 0.717) is 5.92 Å². The summed E-state index contributed by atoms with van der Waals surface area (Å²) in [6.07, 6.45) is 4.26. The van der Waals surface area contributed by atoms with Crippen molar-refractivity contribution in [3.05, 3.63) is 14.4 Å². The minimum atomic E-state index is 0. The maximum absolute atomic E-state index is 11.1. The Balaban J connectivity index is 0. The van der Waals surface area contributed by atoms with Gasteiger partial charge in [0.2, 0.25) is 5.91 Å². The summed E-state index contributed by atoms with van der Waals surface area (Å²) in [4.78, 5) is 11.1. The van der Waals surface area contributed by atoms with Crippen LogP contribution in [-0.2, 0) is 37.5 Å². The molecule has 75 valence electrons. The van der Waals surface area contributed by atoms with Gasteiger partial charge in [0.15, 0.2) is 0 Å². The summed E-state index contributed by atoms with van der Waals surface area (Å²) in [5, 5.41) is 2.69. The van der Waals surface area contributed by atoms with Crippen LogP contribution in [-0.4, -0.2) is 13.0 Å². The molecule has 3 heteroatoms. The van der Waals surface area contributed by atoms with Gasteiger partial charge in [0, 0.05) is 45.7 Å². The number of carbonyl (C=O) groups excluding carboxylic acids is 1. The fraction of sp³-hybridized carbons (Fsp3) is 0.700. The number of rotatable bonds is 1. The minimum Gasteiger partial charge on any atom is -0.359 e. The van der Waals surface area contributed by atoms with Gasteiger partial charge in [-0.05, 0) is 12.8 Å². The fourth-order valence-electron chi connectivity index (χ4n) is 1.63. The molecule has 1 amide bonds. The van der Waals surface area contributed by atoms with Gasteiger partial charge >= 0.3 is 0 Å². The second-order valence-corrected chi connectivity index (χ2v) is 3.33. The number of nitrogens with one attached hydrogen (secondary N) is 1. The molecule has 1 aliphatic rings. The molecule has 1 fully saturated rings. The van der Waals surface area contributed by atoms with Crippen molar-refractivity contribution in [3.8, 4) is 0 Å². The molecule has 1 rings (SSSR count). The molecule has 1 radical (unpaired) electrons. The van der Waals surface area contributed by atoms with Crippen LogP contribution < -0.4 is 5.32 Å². The first-order valence-electron chi connectivity index (χ1n) is 4.28. The standard InChI is InChI=1S/C9H16NO.CH3.Y/c1-7-3-5-8(6-4-7)9(11)10-2;;/h7-8H,1,3-6H2,2H3,(H,10,11);1H3;/q2*-1;. The quantitative estimate of drug-likeness (QED) is 0.714. The summed E-state index contributed by atoms with van der Waals surface area (Å²) in [7, 11) is 1.71. The number of amides is 1. The average Bonchev–Trinajstić information content (AvgIpc) is 2.05. The molecule has 0 aliphatic heterocycles. The summed E-state index contributed by atoms with van der Waals surface area (Å²) in [5.74, 6) is 1.05. The molecule has 0 unspecified atom stereocenters. The van der Waals surface area contributed by atoms with Gasteiger partial charge in [-0.25, -0.2) is 0 Å². The van der Waals surface area contributed by atoms with E-state index < -0.39 is 0 Å². The van der Waals surface area contributed by atoms with E-state index in [4.69, 9.17) is 0 Å². The van der Waals surface area contributed by atoms with Gasteiger partial charge in [-0.3, -0.25) is 4.79 Å². The van der Waals surface area contributed by atoms with E-state index in [2.05, 4.69) is 12.2 Å². The van der Waals surface area contributed by atoms with Crippen molar-refractivity contribution < 1.29 is 37.5 Å². The van der Waals surface area contributed by atoms with E-state index in [-0.39, 0.29) is 52.0 Å². The zero-order valence-corrected chi connectivity index (χ0v) is 11.5. The first kappa shape index (κ1) is 16.0. The van der Waals surface area contributed by atoms with Gasteiger partial charge in [0.25, 0.3) is 0 Å². The molecule has 2 nitrogen and oxygen atoms in total. The molecule has 0 bridgehead atoms. The number of carbonyl (C=O) groups is 1. The molecule has 1 N–H and O–H groups in total. The summed E-state index contributed by atoms with van der Waals surface area (Å²) in [6, 6.07) is 0. The Morgan fingerprint density at radius 3 is 2.15 bits per heavy atom. The Kier molecular flexibility index (Phi) is 9.77. The molecular formula is C10H19NOY-2. The third-order valence-electron chi connectivity index (χ3n) is 2.46. The first-order valence-corrected chi connectivity index (χ1v) is 4.28. The molecule has 0 spiro atoms. The normalized spacial score (nSPS) is 26.6. The fourth-order valence-corrected chi connectivity index (χ4v) is 1.63. The summed E-state index contributed by atoms with van der Waals surface area (Å²) in [6.45, 7) is 3.99. The monoisotopic (exact) mass is 258 g/mol. The summed E-state index contributed by atoms with van der Waals surface area (Å²) in [5.41, 5.74) is 0. The van der Waals surface area contributed by atoms with Crippen LogP contribution in [0.1, 0.15) is 25.7 Å². The molecule has 0 aromatic carbocycles. The topological polar surface area (TPSA) is 29.1 Å². The van der Waals surface area contributed by atoms with Crippen LogP contribution in [0.2, 0.25) is 0 Å². The first-order chi connectivity index (χ1) is 5.24. The second-order valence-electron chi connectivity index (χ2n) is 3.33. The Labute approximate surface area is 107 Å². The molecule has 0 aromatic rings. The largest absolute Gasteiger partial charge is 0.359 e. The van der Waals surface area contributed by atoms with Gasteiger partial charge in [0.05, 0.1) is 0 Å². The van der Waals surface area contributed by atoms with Crippen LogP contribution >= 0.6 is 0 Å². The minimum absolute atomic E-state index is 0. The van der Waals surface area contributed by atoms with Crippen molar-refractivity contribution in [2.45, 2.75) is 25.7 Å². The Bertz CT molecular complexity index is 142. The molecule has 0 atom stereocenters. The van der Waals surface area contributed by atoms with Crippen molar-refractivity contribution in [3.63, 3.8) is 0 Å². The van der Waals surface area contributed by atoms with E-state index >= 15 is 0 Å². The molecule has 13 heavy (non-hydrogen) atoms. The molecular weight excluding hydrogens is 239 g/mol. The Hall–Kier alpha value is 0.574. The predicted octanol–water partition coefficient (Wildman–Crippen LogP) is 1.82. The smallest absolute Gasteiger partial charge is 0.222 e. The van der Waals surface area contributed by atoms with Crippen LogP contribution in [0.5, 0.6) is 0 Å². The molecule has 0 saturated heterocycles. The van der Waals surface area contributed by atoms with E-state index in [9.17, 15) is 4.79 Å². The van der Waals surface area contributed by atoms with Gasteiger partial charge in [-0.2, -0.15) is 5.92 Å². The van der Waals surface area contributed by atoms with Crippen molar-refractivity contribution >= 4 is 5.91 Å². The Morgan fingerprint density at radius 1 is 1.31 bits per heavy atom. The van der Waals surface area contributed by atoms with Gasteiger partial charge in [0.1, 0.15) is 0 Å². The molecule has 0 aromatic heterocycles. The predicted molar refractivity (Wildman–Crippen MR) is 51.3 cm³/mol. The van der Waals surface area contributed by atoms with Gasteiger partial charge < -0.3 is 19.7 Å². The number of hydrogen-bond donors (Lipinski definition) is 1. The maximum atomic E-state index is 11.1. The van der Waals surface area contributed by atoms with E-state index in [1.165, 1.54) is 0 Å². The molecule has 1 saturated carbocycles. The molecule has 0 heterocycles. The van der Waals surface area contributed by atoms with Crippen LogP contribution in [0, 0.1) is 26.2 Å². The average molecular weight is 258 g/mol. The molecule has 1 aliphatic carbocycles. The third kappa shape index (κ3) is 5.12.